The highest BCUT2D eigenvalue weighted by molar-refractivity contribution is 7.15. The van der Waals surface area contributed by atoms with Gasteiger partial charge in [0.15, 0.2) is 11.6 Å². The van der Waals surface area contributed by atoms with Gasteiger partial charge < -0.3 is 19.8 Å². The summed E-state index contributed by atoms with van der Waals surface area (Å²) in [6.07, 6.45) is 1.67. The molecule has 0 radical (unpaired) electrons. The fraction of sp³-hybridized carbons (Fsp3) is 0.353. The van der Waals surface area contributed by atoms with Gasteiger partial charge in [0, 0.05) is 38.1 Å². The lowest BCUT2D eigenvalue weighted by Gasteiger charge is -2.34. The van der Waals surface area contributed by atoms with Gasteiger partial charge in [-0.25, -0.2) is 4.39 Å². The van der Waals surface area contributed by atoms with E-state index in [4.69, 9.17) is 4.74 Å². The molecule has 1 saturated heterocycles. The van der Waals surface area contributed by atoms with Crippen LogP contribution in [0.15, 0.2) is 29.8 Å². The largest absolute Gasteiger partial charge is 0.494 e. The molecular weight excluding hydrogens is 373 g/mol. The number of fused-ring (bicyclic) bond motifs is 1. The van der Waals surface area contributed by atoms with Crippen LogP contribution in [0.25, 0.3) is 4.96 Å². The maximum atomic E-state index is 13.9. The third-order valence-electron chi connectivity index (χ3n) is 4.69. The first kappa shape index (κ1) is 17.7. The van der Waals surface area contributed by atoms with Crippen LogP contribution in [0.1, 0.15) is 5.56 Å². The highest BCUT2D eigenvalue weighted by atomic mass is 32.1. The monoisotopic (exact) mass is 391 g/mol. The van der Waals surface area contributed by atoms with Gasteiger partial charge in [-0.2, -0.15) is 9.38 Å². The Hall–Kier alpha value is -2.72. The van der Waals surface area contributed by atoms with Gasteiger partial charge in [0.2, 0.25) is 5.82 Å². The van der Waals surface area contributed by atoms with E-state index in [1.807, 2.05) is 11.0 Å². The van der Waals surface area contributed by atoms with Crippen LogP contribution >= 0.6 is 11.3 Å². The number of hydrogen-bond donors (Lipinski definition) is 0. The van der Waals surface area contributed by atoms with Crippen molar-refractivity contribution in [2.24, 2.45) is 0 Å². The number of anilines is 1. The van der Waals surface area contributed by atoms with Gasteiger partial charge in [-0.3, -0.25) is 4.90 Å². The standard InChI is InChI=1S/C17H18FN5O3S/c1-26-14-3-2-12(10-13(14)18)11-20-4-6-21(7-5-20)15-16(23(24)25)22-8-9-27-17(22)19-15/h2-3,8-10H,4-7,11H2,1H3. The zero-order chi connectivity index (χ0) is 19.0. The molecule has 3 heterocycles. The highest BCUT2D eigenvalue weighted by Crippen LogP contribution is 2.31. The predicted molar refractivity (Wildman–Crippen MR) is 100 cm³/mol. The molecule has 3 aromatic rings. The third kappa shape index (κ3) is 3.33. The Balaban J connectivity index is 1.45. The van der Waals surface area contributed by atoms with Gasteiger partial charge in [-0.1, -0.05) is 17.4 Å². The van der Waals surface area contributed by atoms with E-state index in [2.05, 4.69) is 9.88 Å². The molecule has 142 valence electrons. The zero-order valence-corrected chi connectivity index (χ0v) is 15.5. The second-order valence-corrected chi connectivity index (χ2v) is 7.18. The first-order valence-corrected chi connectivity index (χ1v) is 9.34. The molecule has 2 aromatic heterocycles. The van der Waals surface area contributed by atoms with Crippen molar-refractivity contribution in [1.82, 2.24) is 14.3 Å². The second-order valence-electron chi connectivity index (χ2n) is 6.30. The molecule has 8 nitrogen and oxygen atoms in total. The maximum Gasteiger partial charge on any atom is 0.373 e. The normalized spacial score (nSPS) is 15.4. The molecule has 4 rings (SSSR count). The smallest absolute Gasteiger partial charge is 0.373 e. The lowest BCUT2D eigenvalue weighted by atomic mass is 10.2. The number of benzene rings is 1. The summed E-state index contributed by atoms with van der Waals surface area (Å²) >= 11 is 1.37. The Morgan fingerprint density at radius 2 is 2.11 bits per heavy atom. The van der Waals surface area contributed by atoms with Gasteiger partial charge in [-0.05, 0) is 22.6 Å². The second kappa shape index (κ2) is 7.12. The van der Waals surface area contributed by atoms with Crippen molar-refractivity contribution in [1.29, 1.82) is 0 Å². The summed E-state index contributed by atoms with van der Waals surface area (Å²) < 4.78 is 20.3. The van der Waals surface area contributed by atoms with Gasteiger partial charge in [0.1, 0.15) is 6.20 Å². The number of rotatable bonds is 5. The molecule has 0 atom stereocenters. The molecular formula is C17H18FN5O3S. The number of aromatic nitrogens is 2. The Morgan fingerprint density at radius 1 is 1.33 bits per heavy atom. The van der Waals surface area contributed by atoms with E-state index in [1.54, 1.807) is 17.6 Å². The van der Waals surface area contributed by atoms with Crippen LogP contribution in [0.2, 0.25) is 0 Å². The number of thiazole rings is 1. The van der Waals surface area contributed by atoms with Crippen molar-refractivity contribution in [2.75, 3.05) is 38.2 Å². The van der Waals surface area contributed by atoms with Crippen LogP contribution in [0.5, 0.6) is 5.75 Å². The average Bonchev–Trinajstić information content (AvgIpc) is 3.23. The Bertz CT molecular complexity index is 980. The number of methoxy groups -OCH3 is 1. The van der Waals surface area contributed by atoms with Crippen molar-refractivity contribution >= 4 is 27.9 Å². The summed E-state index contributed by atoms with van der Waals surface area (Å²) in [4.78, 5) is 20.3. The fourth-order valence-electron chi connectivity index (χ4n) is 3.33. The molecule has 0 N–H and O–H groups in total. The summed E-state index contributed by atoms with van der Waals surface area (Å²) in [7, 11) is 1.44. The summed E-state index contributed by atoms with van der Waals surface area (Å²) in [6, 6.07) is 4.96. The molecule has 27 heavy (non-hydrogen) atoms. The lowest BCUT2D eigenvalue weighted by molar-refractivity contribution is -0.389. The van der Waals surface area contributed by atoms with Gasteiger partial charge in [0.05, 0.1) is 7.11 Å². The first-order valence-electron chi connectivity index (χ1n) is 8.46. The van der Waals surface area contributed by atoms with Crippen molar-refractivity contribution in [3.8, 4) is 5.75 Å². The maximum absolute atomic E-state index is 13.9. The molecule has 0 amide bonds. The number of nitro groups is 1. The molecule has 0 aliphatic carbocycles. The van der Waals surface area contributed by atoms with Crippen molar-refractivity contribution in [3.63, 3.8) is 0 Å². The molecule has 0 saturated carbocycles. The summed E-state index contributed by atoms with van der Waals surface area (Å²) in [6.45, 7) is 3.32. The summed E-state index contributed by atoms with van der Waals surface area (Å²) in [5.41, 5.74) is 0.871. The molecule has 0 unspecified atom stereocenters. The number of ether oxygens (including phenoxy) is 1. The molecule has 1 aliphatic heterocycles. The van der Waals surface area contributed by atoms with Gasteiger partial charge in [-0.15, -0.1) is 0 Å². The van der Waals surface area contributed by atoms with Gasteiger partial charge >= 0.3 is 5.82 Å². The van der Waals surface area contributed by atoms with Crippen LogP contribution < -0.4 is 9.64 Å². The van der Waals surface area contributed by atoms with Crippen molar-refractivity contribution in [2.45, 2.75) is 6.54 Å². The minimum Gasteiger partial charge on any atom is -0.494 e. The van der Waals surface area contributed by atoms with Gasteiger partial charge in [0.25, 0.3) is 4.96 Å². The number of nitrogens with zero attached hydrogens (tertiary/aromatic N) is 5. The quantitative estimate of drug-likeness (QED) is 0.492. The van der Waals surface area contributed by atoms with E-state index in [1.165, 1.54) is 28.9 Å². The van der Waals surface area contributed by atoms with E-state index in [-0.39, 0.29) is 22.3 Å². The Morgan fingerprint density at radius 3 is 2.78 bits per heavy atom. The number of hydrogen-bond acceptors (Lipinski definition) is 7. The van der Waals surface area contributed by atoms with E-state index in [0.717, 1.165) is 18.7 Å². The first-order chi connectivity index (χ1) is 13.1. The topological polar surface area (TPSA) is 76.2 Å². The van der Waals surface area contributed by atoms with Crippen molar-refractivity contribution < 1.29 is 14.1 Å². The van der Waals surface area contributed by atoms with E-state index < -0.39 is 0 Å². The van der Waals surface area contributed by atoms with Crippen LogP contribution in [0.3, 0.4) is 0 Å². The lowest BCUT2D eigenvalue weighted by Crippen LogP contribution is -2.46. The molecule has 0 bridgehead atoms. The Kier molecular flexibility index (Phi) is 4.66. The molecule has 10 heteroatoms. The van der Waals surface area contributed by atoms with Crippen molar-refractivity contribution in [3.05, 3.63) is 51.3 Å². The third-order valence-corrected chi connectivity index (χ3v) is 5.44. The summed E-state index contributed by atoms with van der Waals surface area (Å²) in [5.74, 6) is 0.289. The fourth-order valence-corrected chi connectivity index (χ4v) is 4.03. The van der Waals surface area contributed by atoms with E-state index in [0.29, 0.717) is 30.4 Å². The molecule has 1 aliphatic rings. The summed E-state index contributed by atoms with van der Waals surface area (Å²) in [5, 5.41) is 13.3. The average molecular weight is 391 g/mol. The number of imidazole rings is 1. The number of piperazine rings is 1. The predicted octanol–water partition coefficient (Wildman–Crippen LogP) is 2.77. The van der Waals surface area contributed by atoms with Crippen LogP contribution in [0.4, 0.5) is 16.0 Å². The Labute approximate surface area is 158 Å². The minimum atomic E-state index is -0.380. The minimum absolute atomic E-state index is 0.0110. The zero-order valence-electron chi connectivity index (χ0n) is 14.7. The molecule has 1 aromatic carbocycles. The van der Waals surface area contributed by atoms with Crippen LogP contribution in [-0.2, 0) is 6.54 Å². The van der Waals surface area contributed by atoms with Crippen LogP contribution in [-0.4, -0.2) is 52.5 Å². The number of halogens is 1. The molecule has 0 spiro atoms. The SMILES string of the molecule is COc1ccc(CN2CCN(c3nc4sccn4c3[N+](=O)[O-])CC2)cc1F. The van der Waals surface area contributed by atoms with E-state index in [9.17, 15) is 14.5 Å². The highest BCUT2D eigenvalue weighted by Gasteiger charge is 2.30. The van der Waals surface area contributed by atoms with Crippen LogP contribution in [0, 0.1) is 15.9 Å². The van der Waals surface area contributed by atoms with E-state index >= 15 is 0 Å². The molecule has 1 fully saturated rings.